The predicted molar refractivity (Wildman–Crippen MR) is 107 cm³/mol. The van der Waals surface area contributed by atoms with Crippen LogP contribution in [0.2, 0.25) is 0 Å². The topological polar surface area (TPSA) is 40.5 Å². The number of hydrogen-bond donors (Lipinski definition) is 1. The van der Waals surface area contributed by atoms with Crippen molar-refractivity contribution in [2.24, 2.45) is 0 Å². The standard InChI is InChI=1S/C24H21NO2/c1-2-23(26)25-21-16-10-9-11-18(21)17-22(25)24(27,19-12-5-3-6-13-19)20-14-7-4-8-15-20/h2-16,22,27H,1,17H2/t22-/m0/s1. The molecule has 0 saturated heterocycles. The highest BCUT2D eigenvalue weighted by Gasteiger charge is 2.48. The third kappa shape index (κ3) is 2.77. The molecule has 1 atom stereocenters. The van der Waals surface area contributed by atoms with Gasteiger partial charge in [0.25, 0.3) is 5.91 Å². The van der Waals surface area contributed by atoms with E-state index in [4.69, 9.17) is 0 Å². The summed E-state index contributed by atoms with van der Waals surface area (Å²) in [6.45, 7) is 3.67. The van der Waals surface area contributed by atoms with Gasteiger partial charge in [-0.05, 0) is 35.3 Å². The number of carbonyl (C=O) groups is 1. The smallest absolute Gasteiger partial charge is 0.250 e. The number of carbonyl (C=O) groups excluding carboxylic acids is 1. The molecule has 1 N–H and O–H groups in total. The van der Waals surface area contributed by atoms with Gasteiger partial charge in [0.05, 0.1) is 6.04 Å². The minimum atomic E-state index is -1.35. The monoisotopic (exact) mass is 355 g/mol. The molecule has 0 aromatic heterocycles. The fourth-order valence-electron chi connectivity index (χ4n) is 4.03. The van der Waals surface area contributed by atoms with Crippen LogP contribution < -0.4 is 4.90 Å². The average Bonchev–Trinajstić information content (AvgIpc) is 3.14. The first-order valence-electron chi connectivity index (χ1n) is 9.03. The number of para-hydroxylation sites is 1. The summed E-state index contributed by atoms with van der Waals surface area (Å²) in [5.74, 6) is -0.213. The summed E-state index contributed by atoms with van der Waals surface area (Å²) in [5, 5.41) is 12.1. The van der Waals surface area contributed by atoms with Crippen LogP contribution in [0.4, 0.5) is 5.69 Å². The zero-order chi connectivity index (χ0) is 18.9. The van der Waals surface area contributed by atoms with Gasteiger partial charge in [-0.15, -0.1) is 0 Å². The largest absolute Gasteiger partial charge is 0.378 e. The van der Waals surface area contributed by atoms with Gasteiger partial charge in [-0.1, -0.05) is 85.4 Å². The molecule has 3 nitrogen and oxygen atoms in total. The third-order valence-corrected chi connectivity index (χ3v) is 5.30. The van der Waals surface area contributed by atoms with Crippen LogP contribution in [-0.2, 0) is 16.8 Å². The van der Waals surface area contributed by atoms with Crippen molar-refractivity contribution in [3.8, 4) is 0 Å². The van der Waals surface area contributed by atoms with Crippen molar-refractivity contribution in [3.05, 3.63) is 114 Å². The first-order valence-corrected chi connectivity index (χ1v) is 9.03. The molecule has 1 amide bonds. The molecule has 1 aliphatic rings. The second-order valence-electron chi connectivity index (χ2n) is 6.76. The Morgan fingerprint density at radius 3 is 2.00 bits per heavy atom. The Kier molecular flexibility index (Phi) is 4.38. The predicted octanol–water partition coefficient (Wildman–Crippen LogP) is 4.07. The third-order valence-electron chi connectivity index (χ3n) is 5.30. The van der Waals surface area contributed by atoms with Gasteiger partial charge in [-0.25, -0.2) is 0 Å². The molecule has 0 unspecified atom stereocenters. The molecule has 27 heavy (non-hydrogen) atoms. The van der Waals surface area contributed by atoms with E-state index in [1.165, 1.54) is 6.08 Å². The zero-order valence-corrected chi connectivity index (χ0v) is 15.0. The molecule has 134 valence electrons. The van der Waals surface area contributed by atoms with E-state index in [-0.39, 0.29) is 5.91 Å². The van der Waals surface area contributed by atoms with Gasteiger partial charge < -0.3 is 10.0 Å². The highest BCUT2D eigenvalue weighted by atomic mass is 16.3. The number of nitrogens with zero attached hydrogens (tertiary/aromatic N) is 1. The van der Waals surface area contributed by atoms with Crippen molar-refractivity contribution in [2.75, 3.05) is 4.90 Å². The second kappa shape index (κ2) is 6.86. The number of hydrogen-bond acceptors (Lipinski definition) is 2. The first-order chi connectivity index (χ1) is 13.2. The number of fused-ring (bicyclic) bond motifs is 1. The maximum absolute atomic E-state index is 12.8. The molecule has 0 fully saturated rings. The number of amides is 1. The van der Waals surface area contributed by atoms with Crippen LogP contribution in [0.5, 0.6) is 0 Å². The highest BCUT2D eigenvalue weighted by Crippen LogP contribution is 2.44. The van der Waals surface area contributed by atoms with Crippen LogP contribution in [0, 0.1) is 0 Å². The summed E-state index contributed by atoms with van der Waals surface area (Å²) in [6.07, 6.45) is 1.88. The SMILES string of the molecule is C=CC(=O)N1c2ccccc2C[C@H]1C(O)(c1ccccc1)c1ccccc1. The molecular formula is C24H21NO2. The normalized spacial score (nSPS) is 16.0. The quantitative estimate of drug-likeness (QED) is 0.717. The fourth-order valence-corrected chi connectivity index (χ4v) is 4.03. The van der Waals surface area contributed by atoms with Crippen LogP contribution in [0.25, 0.3) is 0 Å². The van der Waals surface area contributed by atoms with Gasteiger partial charge in [0, 0.05) is 5.69 Å². The Balaban J connectivity index is 1.93. The van der Waals surface area contributed by atoms with Crippen LogP contribution >= 0.6 is 0 Å². The van der Waals surface area contributed by atoms with Crippen molar-refractivity contribution >= 4 is 11.6 Å². The molecule has 0 saturated carbocycles. The van der Waals surface area contributed by atoms with E-state index in [2.05, 4.69) is 6.58 Å². The molecule has 0 bridgehead atoms. The van der Waals surface area contributed by atoms with Gasteiger partial charge in [0.15, 0.2) is 0 Å². The van der Waals surface area contributed by atoms with Gasteiger partial charge in [0.2, 0.25) is 0 Å². The Morgan fingerprint density at radius 1 is 0.926 bits per heavy atom. The molecule has 1 heterocycles. The summed E-state index contributed by atoms with van der Waals surface area (Å²) < 4.78 is 0. The van der Waals surface area contributed by atoms with Gasteiger partial charge in [0.1, 0.15) is 5.60 Å². The van der Waals surface area contributed by atoms with Gasteiger partial charge in [-0.3, -0.25) is 4.79 Å². The van der Waals surface area contributed by atoms with E-state index in [1.807, 2.05) is 84.9 Å². The first kappa shape index (κ1) is 17.3. The van der Waals surface area contributed by atoms with Crippen molar-refractivity contribution in [1.29, 1.82) is 0 Å². The lowest BCUT2D eigenvalue weighted by Crippen LogP contribution is -2.52. The van der Waals surface area contributed by atoms with Crippen LogP contribution in [0.3, 0.4) is 0 Å². The maximum atomic E-state index is 12.8. The highest BCUT2D eigenvalue weighted by molar-refractivity contribution is 6.03. The molecule has 1 aliphatic heterocycles. The Bertz CT molecular complexity index is 926. The minimum Gasteiger partial charge on any atom is -0.378 e. The summed E-state index contributed by atoms with van der Waals surface area (Å²) in [5.41, 5.74) is 2.05. The van der Waals surface area contributed by atoms with Gasteiger partial charge in [-0.2, -0.15) is 0 Å². The lowest BCUT2D eigenvalue weighted by molar-refractivity contribution is -0.115. The van der Waals surface area contributed by atoms with Crippen molar-refractivity contribution < 1.29 is 9.90 Å². The molecule has 3 aromatic rings. The lowest BCUT2D eigenvalue weighted by atomic mass is 9.78. The molecule has 0 spiro atoms. The van der Waals surface area contributed by atoms with E-state index >= 15 is 0 Å². The van der Waals surface area contributed by atoms with E-state index < -0.39 is 11.6 Å². The molecule has 0 radical (unpaired) electrons. The fraction of sp³-hybridized carbons (Fsp3) is 0.125. The Hall–Kier alpha value is -3.17. The molecule has 3 heteroatoms. The zero-order valence-electron chi connectivity index (χ0n) is 15.0. The van der Waals surface area contributed by atoms with Crippen molar-refractivity contribution in [2.45, 2.75) is 18.1 Å². The van der Waals surface area contributed by atoms with E-state index in [9.17, 15) is 9.90 Å². The van der Waals surface area contributed by atoms with Crippen molar-refractivity contribution in [1.82, 2.24) is 0 Å². The van der Waals surface area contributed by atoms with Crippen molar-refractivity contribution in [3.63, 3.8) is 0 Å². The minimum absolute atomic E-state index is 0.213. The summed E-state index contributed by atoms with van der Waals surface area (Å²) >= 11 is 0. The number of benzene rings is 3. The molecule has 0 aliphatic carbocycles. The van der Waals surface area contributed by atoms with Crippen LogP contribution in [0.15, 0.2) is 97.6 Å². The van der Waals surface area contributed by atoms with Gasteiger partial charge >= 0.3 is 0 Å². The summed E-state index contributed by atoms with van der Waals surface area (Å²) in [4.78, 5) is 14.5. The molecular weight excluding hydrogens is 334 g/mol. The summed E-state index contributed by atoms with van der Waals surface area (Å²) in [6, 6.07) is 26.4. The molecule has 4 rings (SSSR count). The Morgan fingerprint density at radius 2 is 1.44 bits per heavy atom. The average molecular weight is 355 g/mol. The number of rotatable bonds is 4. The van der Waals surface area contributed by atoms with Crippen LogP contribution in [0.1, 0.15) is 16.7 Å². The van der Waals surface area contributed by atoms with E-state index in [1.54, 1.807) is 4.90 Å². The second-order valence-corrected chi connectivity index (χ2v) is 6.76. The number of aliphatic hydroxyl groups is 1. The molecule has 3 aromatic carbocycles. The summed E-state index contributed by atoms with van der Waals surface area (Å²) in [7, 11) is 0. The van der Waals surface area contributed by atoms with Crippen LogP contribution in [-0.4, -0.2) is 17.1 Å². The lowest BCUT2D eigenvalue weighted by Gasteiger charge is -2.40. The van der Waals surface area contributed by atoms with E-state index in [0.717, 1.165) is 22.4 Å². The number of anilines is 1. The maximum Gasteiger partial charge on any atom is 0.250 e. The van der Waals surface area contributed by atoms with E-state index in [0.29, 0.717) is 6.42 Å². The Labute approximate surface area is 159 Å².